The Bertz CT molecular complexity index is 1090. The van der Waals surface area contributed by atoms with Crippen LogP contribution in [-0.4, -0.2) is 18.4 Å². The lowest BCUT2D eigenvalue weighted by molar-refractivity contribution is -0.122. The molecule has 0 radical (unpaired) electrons. The number of hydrogen-bond donors (Lipinski definition) is 1. The first-order valence-electron chi connectivity index (χ1n) is 9.70. The van der Waals surface area contributed by atoms with Gasteiger partial charge in [0.15, 0.2) is 0 Å². The Morgan fingerprint density at radius 2 is 1.80 bits per heavy atom. The molecule has 1 saturated heterocycles. The molecule has 4 rings (SSSR count). The number of nitrogens with zero attached hydrogens (tertiary/aromatic N) is 1. The van der Waals surface area contributed by atoms with Gasteiger partial charge in [0.1, 0.15) is 0 Å². The molecule has 1 unspecified atom stereocenters. The highest BCUT2D eigenvalue weighted by Crippen LogP contribution is 2.34. The average molecular weight is 437 g/mol. The van der Waals surface area contributed by atoms with Crippen LogP contribution >= 0.6 is 23.4 Å². The van der Waals surface area contributed by atoms with Crippen molar-refractivity contribution in [2.45, 2.75) is 23.1 Å². The second-order valence-electron chi connectivity index (χ2n) is 7.24. The van der Waals surface area contributed by atoms with Crippen molar-refractivity contribution in [2.24, 2.45) is 5.92 Å². The topological polar surface area (TPSA) is 49.4 Å². The molecule has 6 heteroatoms. The van der Waals surface area contributed by atoms with E-state index in [1.807, 2.05) is 73.7 Å². The van der Waals surface area contributed by atoms with Gasteiger partial charge in [-0.3, -0.25) is 9.59 Å². The molecule has 0 aromatic heterocycles. The lowest BCUT2D eigenvalue weighted by Gasteiger charge is -2.18. The predicted octanol–water partition coefficient (Wildman–Crippen LogP) is 5.79. The van der Waals surface area contributed by atoms with E-state index in [1.165, 1.54) is 0 Å². The Labute approximate surface area is 185 Å². The monoisotopic (exact) mass is 436 g/mol. The minimum Gasteiger partial charge on any atom is -0.325 e. The van der Waals surface area contributed by atoms with Crippen LogP contribution < -0.4 is 10.2 Å². The average Bonchev–Trinajstić information content (AvgIpc) is 3.14. The summed E-state index contributed by atoms with van der Waals surface area (Å²) in [6, 6.07) is 23.2. The van der Waals surface area contributed by atoms with Crippen LogP contribution in [0.2, 0.25) is 5.02 Å². The number of carbonyl (C=O) groups is 2. The normalized spacial score (nSPS) is 16.0. The Balaban J connectivity index is 1.47. The number of para-hydroxylation sites is 1. The molecule has 1 aliphatic heterocycles. The Morgan fingerprint density at radius 3 is 2.57 bits per heavy atom. The van der Waals surface area contributed by atoms with E-state index in [2.05, 4.69) is 5.32 Å². The van der Waals surface area contributed by atoms with Crippen molar-refractivity contribution >= 4 is 46.6 Å². The van der Waals surface area contributed by atoms with Crippen LogP contribution in [0.1, 0.15) is 12.0 Å². The third-order valence-corrected chi connectivity index (χ3v) is 6.57. The van der Waals surface area contributed by atoms with E-state index in [9.17, 15) is 9.59 Å². The third kappa shape index (κ3) is 4.53. The minimum absolute atomic E-state index is 0.0676. The third-order valence-electron chi connectivity index (χ3n) is 5.08. The maximum Gasteiger partial charge on any atom is 0.229 e. The zero-order chi connectivity index (χ0) is 21.1. The molecule has 1 aliphatic rings. The highest BCUT2D eigenvalue weighted by atomic mass is 35.5. The quantitative estimate of drug-likeness (QED) is 0.550. The van der Waals surface area contributed by atoms with E-state index in [-0.39, 0.29) is 18.2 Å². The van der Waals surface area contributed by atoms with Crippen LogP contribution in [0.25, 0.3) is 0 Å². The second-order valence-corrected chi connectivity index (χ2v) is 8.76. The molecule has 0 bridgehead atoms. The molecule has 152 valence electrons. The summed E-state index contributed by atoms with van der Waals surface area (Å²) in [5, 5.41) is 3.63. The van der Waals surface area contributed by atoms with Crippen molar-refractivity contribution in [1.29, 1.82) is 0 Å². The molecule has 1 fully saturated rings. The Hall–Kier alpha value is -2.76. The van der Waals surface area contributed by atoms with Crippen molar-refractivity contribution in [1.82, 2.24) is 0 Å². The summed E-state index contributed by atoms with van der Waals surface area (Å²) in [5.41, 5.74) is 2.43. The van der Waals surface area contributed by atoms with Crippen molar-refractivity contribution in [3.8, 4) is 0 Å². The van der Waals surface area contributed by atoms with E-state index >= 15 is 0 Å². The van der Waals surface area contributed by atoms with E-state index < -0.39 is 5.92 Å². The Kier molecular flexibility index (Phi) is 6.11. The van der Waals surface area contributed by atoms with Gasteiger partial charge in [-0.15, -0.1) is 0 Å². The number of carbonyl (C=O) groups excluding carboxylic acids is 2. The smallest absolute Gasteiger partial charge is 0.229 e. The molecule has 0 aliphatic carbocycles. The van der Waals surface area contributed by atoms with Gasteiger partial charge in [-0.2, -0.15) is 0 Å². The van der Waals surface area contributed by atoms with Crippen LogP contribution in [0.5, 0.6) is 0 Å². The maximum absolute atomic E-state index is 12.9. The molecule has 30 heavy (non-hydrogen) atoms. The van der Waals surface area contributed by atoms with Crippen LogP contribution in [0.15, 0.2) is 82.6 Å². The molecule has 0 saturated carbocycles. The van der Waals surface area contributed by atoms with Crippen molar-refractivity contribution in [2.75, 3.05) is 16.8 Å². The number of hydrogen-bond acceptors (Lipinski definition) is 3. The van der Waals surface area contributed by atoms with E-state index in [4.69, 9.17) is 11.6 Å². The van der Waals surface area contributed by atoms with Gasteiger partial charge in [0.05, 0.1) is 11.6 Å². The van der Waals surface area contributed by atoms with Gasteiger partial charge in [-0.1, -0.05) is 59.8 Å². The fourth-order valence-electron chi connectivity index (χ4n) is 3.39. The predicted molar refractivity (Wildman–Crippen MR) is 122 cm³/mol. The van der Waals surface area contributed by atoms with E-state index in [0.717, 1.165) is 26.7 Å². The first-order chi connectivity index (χ1) is 14.5. The van der Waals surface area contributed by atoms with Crippen LogP contribution in [-0.2, 0) is 9.59 Å². The molecule has 3 aromatic carbocycles. The van der Waals surface area contributed by atoms with Gasteiger partial charge in [0.25, 0.3) is 0 Å². The van der Waals surface area contributed by atoms with Gasteiger partial charge in [0, 0.05) is 33.5 Å². The summed E-state index contributed by atoms with van der Waals surface area (Å²) < 4.78 is 0. The lowest BCUT2D eigenvalue weighted by atomic mass is 10.1. The summed E-state index contributed by atoms with van der Waals surface area (Å²) in [5.74, 6) is -0.625. The molecule has 4 nitrogen and oxygen atoms in total. The number of nitrogens with one attached hydrogen (secondary N) is 1. The van der Waals surface area contributed by atoms with Gasteiger partial charge >= 0.3 is 0 Å². The zero-order valence-electron chi connectivity index (χ0n) is 16.5. The largest absolute Gasteiger partial charge is 0.325 e. The van der Waals surface area contributed by atoms with Gasteiger partial charge in [0.2, 0.25) is 11.8 Å². The Morgan fingerprint density at radius 1 is 1.07 bits per heavy atom. The summed E-state index contributed by atoms with van der Waals surface area (Å²) in [6.07, 6.45) is 0.186. The molecule has 1 heterocycles. The molecule has 1 atom stereocenters. The first kappa shape index (κ1) is 20.5. The molecule has 2 amide bonds. The summed E-state index contributed by atoms with van der Waals surface area (Å²) in [4.78, 5) is 29.2. The zero-order valence-corrected chi connectivity index (χ0v) is 18.0. The number of rotatable bonds is 5. The fourth-order valence-corrected chi connectivity index (χ4v) is 4.49. The van der Waals surface area contributed by atoms with Gasteiger partial charge in [-0.05, 0) is 48.9 Å². The molecule has 3 aromatic rings. The summed E-state index contributed by atoms with van der Waals surface area (Å²) in [7, 11) is 0. The number of aryl methyl sites for hydroxylation is 1. The van der Waals surface area contributed by atoms with Gasteiger partial charge in [-0.25, -0.2) is 0 Å². The SMILES string of the molecule is Cc1ccc(N2CC(C(=O)Nc3ccccc3Sc3ccccc3)CC2=O)cc1Cl. The molecular formula is C24H21ClN2O2S. The standard InChI is InChI=1S/C24H21ClN2O2S/c1-16-11-12-18(14-20(16)25)27-15-17(13-23(27)28)24(29)26-21-9-5-6-10-22(21)30-19-7-3-2-4-8-19/h2-12,14,17H,13,15H2,1H3,(H,26,29). The van der Waals surface area contributed by atoms with Crippen LogP contribution in [0.4, 0.5) is 11.4 Å². The van der Waals surface area contributed by atoms with Crippen molar-refractivity contribution < 1.29 is 9.59 Å². The van der Waals surface area contributed by atoms with Crippen LogP contribution in [0.3, 0.4) is 0 Å². The number of anilines is 2. The molecule has 0 spiro atoms. The second kappa shape index (κ2) is 8.94. The first-order valence-corrected chi connectivity index (χ1v) is 10.9. The highest BCUT2D eigenvalue weighted by molar-refractivity contribution is 7.99. The highest BCUT2D eigenvalue weighted by Gasteiger charge is 2.35. The van der Waals surface area contributed by atoms with E-state index in [1.54, 1.807) is 22.7 Å². The molecule has 1 N–H and O–H groups in total. The maximum atomic E-state index is 12.9. The number of benzene rings is 3. The lowest BCUT2D eigenvalue weighted by Crippen LogP contribution is -2.28. The van der Waals surface area contributed by atoms with Crippen molar-refractivity contribution in [3.05, 3.63) is 83.4 Å². The fraction of sp³-hybridized carbons (Fsp3) is 0.167. The van der Waals surface area contributed by atoms with Crippen LogP contribution in [0, 0.1) is 12.8 Å². The number of amides is 2. The molecular weight excluding hydrogens is 416 g/mol. The minimum atomic E-state index is -0.410. The van der Waals surface area contributed by atoms with Crippen molar-refractivity contribution in [3.63, 3.8) is 0 Å². The number of halogens is 1. The van der Waals surface area contributed by atoms with Gasteiger partial charge < -0.3 is 10.2 Å². The van der Waals surface area contributed by atoms with E-state index in [0.29, 0.717) is 11.6 Å². The summed E-state index contributed by atoms with van der Waals surface area (Å²) >= 11 is 7.80. The summed E-state index contributed by atoms with van der Waals surface area (Å²) in [6.45, 7) is 2.26.